The number of sulfonamides is 1. The summed E-state index contributed by atoms with van der Waals surface area (Å²) in [6, 6.07) is 17.5. The Morgan fingerprint density at radius 1 is 0.923 bits per heavy atom. The number of carbonyl (C=O) groups is 2. The highest BCUT2D eigenvalue weighted by molar-refractivity contribution is 7.92. The zero-order valence-electron chi connectivity index (χ0n) is 21.9. The number of nitrogens with one attached hydrogen (secondary N) is 1. The van der Waals surface area contributed by atoms with Gasteiger partial charge in [0.25, 0.3) is 15.9 Å². The summed E-state index contributed by atoms with van der Waals surface area (Å²) in [5.41, 5.74) is 4.22. The summed E-state index contributed by atoms with van der Waals surface area (Å²) in [6.45, 7) is 1.12. The van der Waals surface area contributed by atoms with E-state index < -0.39 is 28.4 Å². The van der Waals surface area contributed by atoms with Crippen molar-refractivity contribution in [1.29, 1.82) is 0 Å². The highest BCUT2D eigenvalue weighted by atomic mass is 32.2. The first-order valence-electron chi connectivity index (χ1n) is 11.6. The molecular weight excluding hydrogens is 526 g/mol. The minimum atomic E-state index is -4.18. The Kier molecular flexibility index (Phi) is 9.87. The van der Waals surface area contributed by atoms with Gasteiger partial charge in [0.15, 0.2) is 18.1 Å². The molecule has 0 heterocycles. The molecule has 0 aliphatic carbocycles. The van der Waals surface area contributed by atoms with Crippen LogP contribution in [0.4, 0.5) is 5.69 Å². The molecule has 0 spiro atoms. The largest absolute Gasteiger partial charge is 0.493 e. The molecule has 3 aromatic carbocycles. The second-order valence-corrected chi connectivity index (χ2v) is 9.95. The molecular formula is C27H29N3O8S. The van der Waals surface area contributed by atoms with E-state index in [1.165, 1.54) is 45.7 Å². The number of hydrogen-bond acceptors (Lipinski definition) is 9. The maximum absolute atomic E-state index is 13.6. The fourth-order valence-electron chi connectivity index (χ4n) is 3.33. The molecule has 0 aliphatic rings. The van der Waals surface area contributed by atoms with E-state index in [0.29, 0.717) is 22.7 Å². The lowest BCUT2D eigenvalue weighted by molar-refractivity contribution is -0.142. The van der Waals surface area contributed by atoms with Gasteiger partial charge in [-0.2, -0.15) is 5.10 Å². The third kappa shape index (κ3) is 7.71. The highest BCUT2D eigenvalue weighted by Gasteiger charge is 2.28. The molecule has 0 aliphatic heterocycles. The maximum Gasteiger partial charge on any atom is 0.343 e. The van der Waals surface area contributed by atoms with E-state index in [-0.39, 0.29) is 17.3 Å². The predicted octanol–water partition coefficient (Wildman–Crippen LogP) is 2.91. The van der Waals surface area contributed by atoms with Gasteiger partial charge >= 0.3 is 5.97 Å². The van der Waals surface area contributed by atoms with Crippen molar-refractivity contribution in [3.8, 4) is 17.2 Å². The van der Waals surface area contributed by atoms with E-state index in [9.17, 15) is 18.0 Å². The molecule has 0 saturated carbocycles. The van der Waals surface area contributed by atoms with Gasteiger partial charge in [0.1, 0.15) is 12.3 Å². The fourth-order valence-corrected chi connectivity index (χ4v) is 4.76. The molecule has 0 unspecified atom stereocenters. The summed E-state index contributed by atoms with van der Waals surface area (Å²) < 4.78 is 48.5. The summed E-state index contributed by atoms with van der Waals surface area (Å²) in [6.07, 6.45) is 1.39. The molecule has 0 fully saturated rings. The summed E-state index contributed by atoms with van der Waals surface area (Å²) >= 11 is 0. The zero-order chi connectivity index (χ0) is 28.4. The molecule has 11 nitrogen and oxygen atoms in total. The number of aryl methyl sites for hydroxylation is 1. The molecule has 1 amide bonds. The number of benzene rings is 3. The monoisotopic (exact) mass is 555 g/mol. The lowest BCUT2D eigenvalue weighted by Gasteiger charge is -2.24. The van der Waals surface area contributed by atoms with Crippen LogP contribution in [0.2, 0.25) is 0 Å². The van der Waals surface area contributed by atoms with Crippen molar-refractivity contribution < 1.29 is 37.0 Å². The number of methoxy groups -OCH3 is 3. The number of hydrogen-bond donors (Lipinski definition) is 1. The quantitative estimate of drug-likeness (QED) is 0.205. The van der Waals surface area contributed by atoms with Crippen LogP contribution in [0, 0.1) is 6.92 Å². The van der Waals surface area contributed by atoms with Crippen molar-refractivity contribution in [1.82, 2.24) is 5.43 Å². The molecule has 0 saturated heterocycles. The number of ether oxygens (including phenoxy) is 4. The summed E-state index contributed by atoms with van der Waals surface area (Å²) in [4.78, 5) is 23.9. The van der Waals surface area contributed by atoms with E-state index in [2.05, 4.69) is 15.3 Å². The van der Waals surface area contributed by atoms with E-state index in [4.69, 9.17) is 14.2 Å². The predicted molar refractivity (Wildman–Crippen MR) is 145 cm³/mol. The van der Waals surface area contributed by atoms with Gasteiger partial charge in [-0.05, 0) is 61.0 Å². The zero-order valence-corrected chi connectivity index (χ0v) is 22.7. The topological polar surface area (TPSA) is 133 Å². The highest BCUT2D eigenvalue weighted by Crippen LogP contribution is 2.32. The van der Waals surface area contributed by atoms with Crippen LogP contribution in [0.5, 0.6) is 17.2 Å². The van der Waals surface area contributed by atoms with Gasteiger partial charge in [0, 0.05) is 6.07 Å². The van der Waals surface area contributed by atoms with Crippen LogP contribution in [-0.4, -0.2) is 61.0 Å². The molecule has 1 N–H and O–H groups in total. The molecule has 3 rings (SSSR count). The van der Waals surface area contributed by atoms with Gasteiger partial charge in [0.2, 0.25) is 0 Å². The minimum Gasteiger partial charge on any atom is -0.493 e. The van der Waals surface area contributed by atoms with Crippen LogP contribution in [0.15, 0.2) is 76.7 Å². The minimum absolute atomic E-state index is 0.0773. The Balaban J connectivity index is 1.76. The van der Waals surface area contributed by atoms with Gasteiger partial charge in [0.05, 0.1) is 38.1 Å². The number of nitrogens with zero attached hydrogens (tertiary/aromatic N) is 2. The van der Waals surface area contributed by atoms with Crippen LogP contribution < -0.4 is 23.9 Å². The van der Waals surface area contributed by atoms with Gasteiger partial charge in [-0.1, -0.05) is 17.7 Å². The first-order chi connectivity index (χ1) is 18.7. The third-order valence-corrected chi connectivity index (χ3v) is 7.19. The van der Waals surface area contributed by atoms with E-state index in [0.717, 1.165) is 9.87 Å². The molecule has 3 aromatic rings. The van der Waals surface area contributed by atoms with Crippen molar-refractivity contribution >= 4 is 33.8 Å². The Morgan fingerprint density at radius 3 is 2.21 bits per heavy atom. The van der Waals surface area contributed by atoms with Crippen LogP contribution >= 0.6 is 0 Å². The van der Waals surface area contributed by atoms with Gasteiger partial charge in [-0.3, -0.25) is 9.10 Å². The van der Waals surface area contributed by atoms with Crippen LogP contribution in [0.25, 0.3) is 0 Å². The Hall–Kier alpha value is -4.58. The van der Waals surface area contributed by atoms with Gasteiger partial charge < -0.3 is 18.9 Å². The fraction of sp³-hybridized carbons (Fsp3) is 0.222. The molecule has 12 heteroatoms. The molecule has 0 bridgehead atoms. The molecule has 206 valence electrons. The third-order valence-electron chi connectivity index (χ3n) is 5.42. The SMILES string of the molecule is COC(=O)COc1ccc(C=NNC(=O)CN(c2ccc(C)cc2)S(=O)(=O)c2ccc(OC)c(OC)c2)cc1. The van der Waals surface area contributed by atoms with Crippen molar-refractivity contribution in [2.75, 3.05) is 38.8 Å². The summed E-state index contributed by atoms with van der Waals surface area (Å²) in [5.74, 6) is -0.104. The average Bonchev–Trinajstić information content (AvgIpc) is 2.95. The first kappa shape index (κ1) is 29.0. The average molecular weight is 556 g/mol. The molecule has 0 aromatic heterocycles. The number of amides is 1. The lowest BCUT2D eigenvalue weighted by Crippen LogP contribution is -2.39. The molecule has 0 atom stereocenters. The van der Waals surface area contributed by atoms with E-state index in [1.807, 2.05) is 6.92 Å². The number of rotatable bonds is 12. The summed E-state index contributed by atoms with van der Waals surface area (Å²) in [5, 5.41) is 3.93. The van der Waals surface area contributed by atoms with Crippen LogP contribution in [0.1, 0.15) is 11.1 Å². The van der Waals surface area contributed by atoms with E-state index >= 15 is 0 Å². The normalized spacial score (nSPS) is 11.1. The van der Waals surface area contributed by atoms with Crippen molar-refractivity contribution in [2.45, 2.75) is 11.8 Å². The van der Waals surface area contributed by atoms with Crippen LogP contribution in [0.3, 0.4) is 0 Å². The van der Waals surface area contributed by atoms with Crippen molar-refractivity contribution in [3.63, 3.8) is 0 Å². The number of hydrazone groups is 1. The Morgan fingerprint density at radius 2 is 1.59 bits per heavy atom. The maximum atomic E-state index is 13.6. The van der Waals surface area contributed by atoms with Crippen LogP contribution in [-0.2, 0) is 24.3 Å². The molecule has 39 heavy (non-hydrogen) atoms. The lowest BCUT2D eigenvalue weighted by atomic mass is 10.2. The standard InChI is InChI=1S/C27H29N3O8S/c1-19-5-9-21(10-6-19)30(39(33,34)23-13-14-24(35-2)25(15-23)36-3)17-26(31)29-28-16-20-7-11-22(12-8-20)38-18-27(32)37-4/h5-16H,17-18H2,1-4H3,(H,29,31). The number of anilines is 1. The van der Waals surface area contributed by atoms with E-state index in [1.54, 1.807) is 48.5 Å². The Bertz CT molecular complexity index is 1420. The second kappa shape index (κ2) is 13.3. The summed E-state index contributed by atoms with van der Waals surface area (Å²) in [7, 11) is -0.0575. The van der Waals surface area contributed by atoms with Crippen molar-refractivity contribution in [3.05, 3.63) is 77.9 Å². The second-order valence-electron chi connectivity index (χ2n) is 8.09. The van der Waals surface area contributed by atoms with Crippen molar-refractivity contribution in [2.24, 2.45) is 5.10 Å². The van der Waals surface area contributed by atoms with Gasteiger partial charge in [-0.25, -0.2) is 18.6 Å². The Labute approximate surface area is 227 Å². The smallest absolute Gasteiger partial charge is 0.343 e. The van der Waals surface area contributed by atoms with Gasteiger partial charge in [-0.15, -0.1) is 0 Å². The first-order valence-corrected chi connectivity index (χ1v) is 13.0. The molecule has 0 radical (unpaired) electrons. The number of esters is 1. The number of carbonyl (C=O) groups excluding carboxylic acids is 2.